The summed E-state index contributed by atoms with van der Waals surface area (Å²) in [5.41, 5.74) is -0.562. The summed E-state index contributed by atoms with van der Waals surface area (Å²) in [6, 6.07) is 21.2. The molecule has 1 N–H and O–H groups in total. The first-order valence-electron chi connectivity index (χ1n) is 11.6. The molecular formula is C26H34O5Si. The summed E-state index contributed by atoms with van der Waals surface area (Å²) in [6.45, 7) is 10.7. The fourth-order valence-electron chi connectivity index (χ4n) is 5.70. The lowest BCUT2D eigenvalue weighted by Gasteiger charge is -2.46. The summed E-state index contributed by atoms with van der Waals surface area (Å²) in [4.78, 5) is 0. The van der Waals surface area contributed by atoms with Crippen LogP contribution in [0.4, 0.5) is 0 Å². The number of benzene rings is 2. The van der Waals surface area contributed by atoms with Gasteiger partial charge in [0.05, 0.1) is 0 Å². The van der Waals surface area contributed by atoms with E-state index in [1.165, 1.54) is 10.4 Å². The van der Waals surface area contributed by atoms with E-state index in [0.29, 0.717) is 0 Å². The van der Waals surface area contributed by atoms with Gasteiger partial charge in [-0.25, -0.2) is 0 Å². The fraction of sp³-hybridized carbons (Fsp3) is 0.538. The Morgan fingerprint density at radius 1 is 0.938 bits per heavy atom. The van der Waals surface area contributed by atoms with Crippen molar-refractivity contribution in [2.75, 3.05) is 6.61 Å². The summed E-state index contributed by atoms with van der Waals surface area (Å²) in [7, 11) is -2.81. The normalized spacial score (nSPS) is 33.4. The number of rotatable bonds is 5. The minimum Gasteiger partial charge on any atom is -0.399 e. The highest BCUT2D eigenvalue weighted by atomic mass is 28.4. The van der Waals surface area contributed by atoms with E-state index in [1.807, 2.05) is 26.0 Å². The molecule has 32 heavy (non-hydrogen) atoms. The Bertz CT molecular complexity index is 918. The zero-order valence-corrected chi connectivity index (χ0v) is 20.6. The van der Waals surface area contributed by atoms with Crippen molar-refractivity contribution in [3.8, 4) is 0 Å². The molecule has 2 unspecified atom stereocenters. The van der Waals surface area contributed by atoms with Crippen molar-refractivity contribution in [1.29, 1.82) is 0 Å². The summed E-state index contributed by atoms with van der Waals surface area (Å²) < 4.78 is 26.4. The lowest BCUT2D eigenvalue weighted by Crippen LogP contribution is -2.69. The average Bonchev–Trinajstić information content (AvgIpc) is 3.28. The average molecular weight is 455 g/mol. The summed E-state index contributed by atoms with van der Waals surface area (Å²) in [6.07, 6.45) is -0.377. The fourth-order valence-corrected chi connectivity index (χ4v) is 10.4. The number of aliphatic hydroxyl groups excluding tert-OH is 1. The lowest BCUT2D eigenvalue weighted by molar-refractivity contribution is -0.221. The number of hydrogen-bond donors (Lipinski definition) is 1. The maximum atomic E-state index is 10.0. The number of ether oxygens (including phenoxy) is 3. The third-order valence-electron chi connectivity index (χ3n) is 7.24. The molecular weight excluding hydrogens is 420 g/mol. The van der Waals surface area contributed by atoms with E-state index in [-0.39, 0.29) is 29.8 Å². The van der Waals surface area contributed by atoms with Crippen molar-refractivity contribution >= 4 is 18.7 Å². The molecule has 0 amide bonds. The molecule has 2 saturated heterocycles. The molecule has 172 valence electrons. The topological polar surface area (TPSA) is 57.2 Å². The van der Waals surface area contributed by atoms with Crippen molar-refractivity contribution in [3.05, 3.63) is 60.7 Å². The van der Waals surface area contributed by atoms with Gasteiger partial charge in [0, 0.05) is 12.5 Å². The number of aliphatic hydroxyl groups is 1. The maximum absolute atomic E-state index is 10.0. The van der Waals surface area contributed by atoms with Gasteiger partial charge in [0.1, 0.15) is 17.8 Å². The SMILES string of the molecule is CC1(C)OC2C(O[Si](c3ccccc3)(c3ccccc3)C(C)(C)C)[C@]3(C[C@H]3CO)O[C@@H]2O1. The van der Waals surface area contributed by atoms with Gasteiger partial charge >= 0.3 is 0 Å². The van der Waals surface area contributed by atoms with Crippen molar-refractivity contribution < 1.29 is 23.7 Å². The minimum atomic E-state index is -2.81. The van der Waals surface area contributed by atoms with Crippen molar-refractivity contribution in [2.45, 2.75) is 76.0 Å². The molecule has 0 radical (unpaired) electrons. The molecule has 2 aromatic rings. The maximum Gasteiger partial charge on any atom is 0.261 e. The molecule has 5 nitrogen and oxygen atoms in total. The van der Waals surface area contributed by atoms with Crippen molar-refractivity contribution in [3.63, 3.8) is 0 Å². The molecule has 1 spiro atoms. The van der Waals surface area contributed by atoms with E-state index < -0.39 is 26.0 Å². The van der Waals surface area contributed by atoms with Crippen LogP contribution in [0.15, 0.2) is 60.7 Å². The molecule has 2 heterocycles. The van der Waals surface area contributed by atoms with E-state index in [9.17, 15) is 5.11 Å². The molecule has 0 bridgehead atoms. The largest absolute Gasteiger partial charge is 0.399 e. The van der Waals surface area contributed by atoms with E-state index in [4.69, 9.17) is 18.6 Å². The van der Waals surface area contributed by atoms with Gasteiger partial charge in [-0.2, -0.15) is 0 Å². The van der Waals surface area contributed by atoms with Crippen LogP contribution in [0.3, 0.4) is 0 Å². The first-order chi connectivity index (χ1) is 15.1. The van der Waals surface area contributed by atoms with Crippen LogP contribution < -0.4 is 10.4 Å². The summed E-state index contributed by atoms with van der Waals surface area (Å²) >= 11 is 0. The van der Waals surface area contributed by atoms with Crippen LogP contribution in [0.25, 0.3) is 0 Å². The molecule has 0 aromatic heterocycles. The first kappa shape index (κ1) is 22.3. The molecule has 6 heteroatoms. The number of hydrogen-bond acceptors (Lipinski definition) is 5. The minimum absolute atomic E-state index is 0.0339. The Hall–Kier alpha value is -1.54. The van der Waals surface area contributed by atoms with Crippen LogP contribution in [0.1, 0.15) is 41.0 Å². The molecule has 1 saturated carbocycles. The van der Waals surface area contributed by atoms with Gasteiger partial charge in [-0.05, 0) is 35.7 Å². The predicted octanol–water partition coefficient (Wildman–Crippen LogP) is 3.19. The van der Waals surface area contributed by atoms with Gasteiger partial charge in [0.2, 0.25) is 0 Å². The van der Waals surface area contributed by atoms with E-state index in [2.05, 4.69) is 69.3 Å². The van der Waals surface area contributed by atoms with E-state index >= 15 is 0 Å². The van der Waals surface area contributed by atoms with Crippen LogP contribution in [0.2, 0.25) is 5.04 Å². The Labute approximate surface area is 191 Å². The standard InChI is InChI=1S/C26H34O5Si/c1-24(2,3)32(19-12-8-6-9-13-19,20-14-10-7-11-15-20)31-22-21-23(29-25(4,5)28-21)30-26(22)16-18(26)17-27/h6-15,18,21-23,27H,16-17H2,1-5H3/t18-,21?,22?,23-,26+/m0/s1. The Kier molecular flexibility index (Phi) is 5.21. The zero-order chi connectivity index (χ0) is 22.8. The lowest BCUT2D eigenvalue weighted by atomic mass is 10.1. The van der Waals surface area contributed by atoms with Gasteiger partial charge in [0.25, 0.3) is 8.32 Å². The molecule has 3 aliphatic rings. The van der Waals surface area contributed by atoms with Crippen LogP contribution in [-0.2, 0) is 18.6 Å². The highest BCUT2D eigenvalue weighted by Gasteiger charge is 2.74. The van der Waals surface area contributed by atoms with Gasteiger partial charge in [-0.1, -0.05) is 81.4 Å². The van der Waals surface area contributed by atoms with Crippen molar-refractivity contribution in [1.82, 2.24) is 0 Å². The second kappa shape index (κ2) is 7.48. The van der Waals surface area contributed by atoms with E-state index in [1.54, 1.807) is 0 Å². The monoisotopic (exact) mass is 454 g/mol. The molecule has 5 rings (SSSR count). The van der Waals surface area contributed by atoms with Crippen LogP contribution in [0, 0.1) is 5.92 Å². The molecule has 3 fully saturated rings. The second-order valence-electron chi connectivity index (χ2n) is 10.8. The van der Waals surface area contributed by atoms with Gasteiger partial charge in [0.15, 0.2) is 12.1 Å². The zero-order valence-electron chi connectivity index (χ0n) is 19.6. The smallest absolute Gasteiger partial charge is 0.261 e. The third kappa shape index (κ3) is 3.31. The van der Waals surface area contributed by atoms with Gasteiger partial charge < -0.3 is 23.7 Å². The van der Waals surface area contributed by atoms with Crippen LogP contribution in [-0.4, -0.2) is 49.9 Å². The van der Waals surface area contributed by atoms with Crippen molar-refractivity contribution in [2.24, 2.45) is 5.92 Å². The van der Waals surface area contributed by atoms with Gasteiger partial charge in [-0.3, -0.25) is 0 Å². The molecule has 2 aromatic carbocycles. The quantitative estimate of drug-likeness (QED) is 0.704. The Balaban J connectivity index is 1.66. The second-order valence-corrected chi connectivity index (χ2v) is 15.1. The molecule has 1 aliphatic carbocycles. The first-order valence-corrected chi connectivity index (χ1v) is 13.5. The summed E-state index contributed by atoms with van der Waals surface area (Å²) in [5.74, 6) is -0.695. The predicted molar refractivity (Wildman–Crippen MR) is 125 cm³/mol. The van der Waals surface area contributed by atoms with E-state index in [0.717, 1.165) is 6.42 Å². The Morgan fingerprint density at radius 3 is 1.97 bits per heavy atom. The highest BCUT2D eigenvalue weighted by Crippen LogP contribution is 2.60. The number of fused-ring (bicyclic) bond motifs is 1. The Morgan fingerprint density at radius 2 is 1.50 bits per heavy atom. The molecule has 2 aliphatic heterocycles. The van der Waals surface area contributed by atoms with Crippen LogP contribution in [0.5, 0.6) is 0 Å². The van der Waals surface area contributed by atoms with Gasteiger partial charge in [-0.15, -0.1) is 0 Å². The summed E-state index contributed by atoms with van der Waals surface area (Å²) in [5, 5.41) is 12.3. The molecule has 5 atom stereocenters. The third-order valence-corrected chi connectivity index (χ3v) is 12.3. The van der Waals surface area contributed by atoms with Crippen LogP contribution >= 0.6 is 0 Å². The highest BCUT2D eigenvalue weighted by molar-refractivity contribution is 6.99.